The zero-order chi connectivity index (χ0) is 9.26. The summed E-state index contributed by atoms with van der Waals surface area (Å²) in [6.45, 7) is 0. The Labute approximate surface area is 73.9 Å². The third-order valence-corrected chi connectivity index (χ3v) is 1.68. The number of nitrogens with zero attached hydrogens (tertiary/aromatic N) is 3. The zero-order valence-corrected chi connectivity index (χ0v) is 6.97. The summed E-state index contributed by atoms with van der Waals surface area (Å²) >= 11 is 0. The van der Waals surface area contributed by atoms with Crippen molar-refractivity contribution in [3.05, 3.63) is 24.5 Å². The first kappa shape index (κ1) is 7.72. The minimum absolute atomic E-state index is 0.509. The Morgan fingerprint density at radius 2 is 2.46 bits per heavy atom. The highest BCUT2D eigenvalue weighted by Crippen LogP contribution is 2.09. The lowest BCUT2D eigenvalue weighted by Crippen LogP contribution is -2.12. The normalized spacial score (nSPS) is 10.2. The van der Waals surface area contributed by atoms with Gasteiger partial charge in [0.25, 0.3) is 0 Å². The predicted molar refractivity (Wildman–Crippen MR) is 45.3 cm³/mol. The second-order valence-electron chi connectivity index (χ2n) is 2.44. The van der Waals surface area contributed by atoms with E-state index < -0.39 is 6.09 Å². The second kappa shape index (κ2) is 2.85. The highest BCUT2D eigenvalue weighted by atomic mass is 16.5. The molecule has 2 heterocycles. The summed E-state index contributed by atoms with van der Waals surface area (Å²) in [5.41, 5.74) is 0.509. The van der Waals surface area contributed by atoms with Crippen LogP contribution in [0.2, 0.25) is 0 Å². The number of carbonyl (C=O) groups excluding carboxylic acids is 1. The van der Waals surface area contributed by atoms with Crippen molar-refractivity contribution < 1.29 is 9.53 Å². The van der Waals surface area contributed by atoms with Crippen LogP contribution in [0.15, 0.2) is 24.5 Å². The smallest absolute Gasteiger partial charge is 0.436 e. The van der Waals surface area contributed by atoms with Gasteiger partial charge in [-0.1, -0.05) is 0 Å². The maximum Gasteiger partial charge on any atom is 0.436 e. The summed E-state index contributed by atoms with van der Waals surface area (Å²) in [6, 6.07) is 3.61. The first-order valence-electron chi connectivity index (χ1n) is 3.70. The van der Waals surface area contributed by atoms with E-state index in [1.165, 1.54) is 7.11 Å². The van der Waals surface area contributed by atoms with Crippen molar-refractivity contribution in [2.24, 2.45) is 0 Å². The first-order valence-corrected chi connectivity index (χ1v) is 3.70. The van der Waals surface area contributed by atoms with Crippen LogP contribution < -0.4 is 0 Å². The number of rotatable bonds is 0. The first-order chi connectivity index (χ1) is 6.33. The number of fused-ring (bicyclic) bond motifs is 1. The van der Waals surface area contributed by atoms with Gasteiger partial charge >= 0.3 is 6.09 Å². The van der Waals surface area contributed by atoms with Crippen LogP contribution in [0, 0.1) is 0 Å². The monoisotopic (exact) mass is 177 g/mol. The topological polar surface area (TPSA) is 57.0 Å². The number of hydrogen-bond donors (Lipinski definition) is 0. The largest absolute Gasteiger partial charge is 0.451 e. The van der Waals surface area contributed by atoms with Crippen molar-refractivity contribution in [3.63, 3.8) is 0 Å². The second-order valence-corrected chi connectivity index (χ2v) is 2.44. The molecule has 0 bridgehead atoms. The molecule has 0 aliphatic carbocycles. The molecule has 5 nitrogen and oxygen atoms in total. The predicted octanol–water partition coefficient (Wildman–Crippen LogP) is 1.05. The Bertz CT molecular complexity index is 449. The molecule has 0 N–H and O–H groups in total. The van der Waals surface area contributed by atoms with Gasteiger partial charge in [0, 0.05) is 11.6 Å². The lowest BCUT2D eigenvalue weighted by atomic mass is 10.4. The molecular formula is C8H7N3O2. The summed E-state index contributed by atoms with van der Waals surface area (Å²) in [6.07, 6.45) is 2.64. The van der Waals surface area contributed by atoms with E-state index in [9.17, 15) is 4.79 Å². The Kier molecular flexibility index (Phi) is 1.70. The Balaban J connectivity index is 2.64. The number of hydrogen-bond acceptors (Lipinski definition) is 4. The standard InChI is InChI=1S/C8H7N3O2/c1-13-8(12)11-7-6(5-10-11)3-2-4-9-7/h2-5H,1H3. The van der Waals surface area contributed by atoms with E-state index in [2.05, 4.69) is 14.8 Å². The summed E-state index contributed by atoms with van der Waals surface area (Å²) in [4.78, 5) is 15.1. The summed E-state index contributed by atoms with van der Waals surface area (Å²) in [5, 5.41) is 4.66. The molecule has 0 aromatic carbocycles. The molecule has 0 fully saturated rings. The lowest BCUT2D eigenvalue weighted by Gasteiger charge is -1.97. The van der Waals surface area contributed by atoms with E-state index in [0.29, 0.717) is 5.65 Å². The average molecular weight is 177 g/mol. The van der Waals surface area contributed by atoms with Gasteiger partial charge < -0.3 is 4.74 Å². The summed E-state index contributed by atoms with van der Waals surface area (Å²) in [7, 11) is 1.30. The number of carbonyl (C=O) groups is 1. The minimum Gasteiger partial charge on any atom is -0.451 e. The van der Waals surface area contributed by atoms with Crippen molar-refractivity contribution in [2.45, 2.75) is 0 Å². The van der Waals surface area contributed by atoms with Crippen LogP contribution in [-0.4, -0.2) is 28.0 Å². The molecule has 0 amide bonds. The van der Waals surface area contributed by atoms with E-state index in [-0.39, 0.29) is 0 Å². The molecule has 0 radical (unpaired) electrons. The van der Waals surface area contributed by atoms with Crippen LogP contribution in [0.4, 0.5) is 4.79 Å². The van der Waals surface area contributed by atoms with E-state index >= 15 is 0 Å². The van der Waals surface area contributed by atoms with Gasteiger partial charge in [-0.05, 0) is 12.1 Å². The summed E-state index contributed by atoms with van der Waals surface area (Å²) in [5.74, 6) is 0. The number of aromatic nitrogens is 3. The third kappa shape index (κ3) is 1.14. The van der Waals surface area contributed by atoms with Gasteiger partial charge in [0.2, 0.25) is 0 Å². The molecule has 0 aliphatic rings. The molecule has 13 heavy (non-hydrogen) atoms. The van der Waals surface area contributed by atoms with Crippen molar-refractivity contribution in [1.82, 2.24) is 14.8 Å². The summed E-state index contributed by atoms with van der Waals surface area (Å²) < 4.78 is 5.64. The average Bonchev–Trinajstić information content (AvgIpc) is 2.60. The zero-order valence-electron chi connectivity index (χ0n) is 6.97. The SMILES string of the molecule is COC(=O)n1ncc2cccnc21. The fourth-order valence-corrected chi connectivity index (χ4v) is 1.08. The Hall–Kier alpha value is -1.91. The minimum atomic E-state index is -0.534. The Morgan fingerprint density at radius 1 is 1.62 bits per heavy atom. The van der Waals surface area contributed by atoms with E-state index in [1.54, 1.807) is 18.5 Å². The van der Waals surface area contributed by atoms with Gasteiger partial charge in [0.05, 0.1) is 13.3 Å². The van der Waals surface area contributed by atoms with Crippen LogP contribution in [0.25, 0.3) is 11.0 Å². The molecule has 0 atom stereocenters. The number of methoxy groups -OCH3 is 1. The van der Waals surface area contributed by atoms with Gasteiger partial charge in [-0.15, -0.1) is 4.68 Å². The molecule has 0 aliphatic heterocycles. The highest BCUT2D eigenvalue weighted by molar-refractivity contribution is 5.84. The van der Waals surface area contributed by atoms with Crippen molar-refractivity contribution in [3.8, 4) is 0 Å². The van der Waals surface area contributed by atoms with E-state index in [1.807, 2.05) is 6.07 Å². The molecule has 5 heteroatoms. The fraction of sp³-hybridized carbons (Fsp3) is 0.125. The van der Waals surface area contributed by atoms with Crippen LogP contribution in [0.1, 0.15) is 0 Å². The van der Waals surface area contributed by atoms with E-state index in [0.717, 1.165) is 10.1 Å². The third-order valence-electron chi connectivity index (χ3n) is 1.68. The van der Waals surface area contributed by atoms with Crippen LogP contribution in [0.5, 0.6) is 0 Å². The molecule has 0 saturated carbocycles. The molecular weight excluding hydrogens is 170 g/mol. The lowest BCUT2D eigenvalue weighted by molar-refractivity contribution is 0.170. The van der Waals surface area contributed by atoms with Crippen LogP contribution >= 0.6 is 0 Å². The van der Waals surface area contributed by atoms with Gasteiger partial charge in [-0.25, -0.2) is 9.78 Å². The number of pyridine rings is 1. The Morgan fingerprint density at radius 3 is 3.23 bits per heavy atom. The molecule has 2 aromatic heterocycles. The van der Waals surface area contributed by atoms with Gasteiger partial charge in [-0.3, -0.25) is 0 Å². The molecule has 0 spiro atoms. The van der Waals surface area contributed by atoms with E-state index in [4.69, 9.17) is 0 Å². The molecule has 2 aromatic rings. The molecule has 66 valence electrons. The van der Waals surface area contributed by atoms with Crippen LogP contribution in [-0.2, 0) is 4.74 Å². The van der Waals surface area contributed by atoms with Gasteiger partial charge in [0.15, 0.2) is 5.65 Å². The van der Waals surface area contributed by atoms with Gasteiger partial charge in [0.1, 0.15) is 0 Å². The van der Waals surface area contributed by atoms with Crippen molar-refractivity contribution in [2.75, 3.05) is 7.11 Å². The van der Waals surface area contributed by atoms with Crippen molar-refractivity contribution >= 4 is 17.1 Å². The molecule has 0 unspecified atom stereocenters. The number of ether oxygens (including phenoxy) is 1. The van der Waals surface area contributed by atoms with Crippen molar-refractivity contribution in [1.29, 1.82) is 0 Å². The maximum atomic E-state index is 11.1. The molecule has 2 rings (SSSR count). The highest BCUT2D eigenvalue weighted by Gasteiger charge is 2.09. The molecule has 0 saturated heterocycles. The maximum absolute atomic E-state index is 11.1. The van der Waals surface area contributed by atoms with Gasteiger partial charge in [-0.2, -0.15) is 5.10 Å². The quantitative estimate of drug-likeness (QED) is 0.603. The van der Waals surface area contributed by atoms with Crippen LogP contribution in [0.3, 0.4) is 0 Å². The fourth-order valence-electron chi connectivity index (χ4n) is 1.08.